The van der Waals surface area contributed by atoms with Gasteiger partial charge in [0.25, 0.3) is 5.91 Å². The molecule has 7 amide bonds. The van der Waals surface area contributed by atoms with E-state index in [9.17, 15) is 61.8 Å². The Hall–Kier alpha value is -6.05. The number of hydrogen-bond acceptors (Lipinski definition) is 13. The first-order valence-electron chi connectivity index (χ1n) is 28.9. The fraction of sp³-hybridized carbons (Fsp3) is 0.508. The number of β-amino-alcohol motifs (C(OH)–C–C–N with tert-alkyl or cyclic N) is 1. The van der Waals surface area contributed by atoms with Gasteiger partial charge in [-0.3, -0.25) is 38.1 Å². The molecule has 87 heavy (non-hydrogen) atoms. The molecule has 0 saturated carbocycles. The molecule has 26 heteroatoms. The molecule has 2 aromatic heterocycles. The Morgan fingerprint density at radius 1 is 0.793 bits per heavy atom. The van der Waals surface area contributed by atoms with Crippen molar-refractivity contribution < 1.29 is 66.5 Å². The second kappa shape index (κ2) is 29.1. The van der Waals surface area contributed by atoms with Gasteiger partial charge >= 0.3 is 13.3 Å². The molecule has 0 spiro atoms. The van der Waals surface area contributed by atoms with Gasteiger partial charge < -0.3 is 55.6 Å². The van der Waals surface area contributed by atoms with Crippen molar-refractivity contribution in [2.45, 2.75) is 155 Å². The number of likely N-dealkylation sites (tertiary alicyclic amines) is 2. The number of likely N-dealkylation sites (N-methyl/N-ethyl adjacent to an activating group) is 1. The van der Waals surface area contributed by atoms with Gasteiger partial charge in [0, 0.05) is 72.9 Å². The van der Waals surface area contributed by atoms with E-state index in [2.05, 4.69) is 42.2 Å². The maximum Gasteiger partial charge on any atom is 0.399 e. The largest absolute Gasteiger partial charge is 0.399 e. The number of aliphatic hydroxyl groups excluding tert-OH is 1. The standard InChI is InChI=1S/C61H78BrF2N8O12PS2/c1-36-51(86-35-67-36)38-18-16-37(17-19-38)31-66-54(76)45-29-43(73)32-71(45)57(79)52(59(2,3)4)68-49(74)15-13-11-9-10-12-14-26-65-50(75)34-84-44-30-46(56(78)70(8)42-23-21-41(62)22-24-42)72(33-44)58(80)53(60(5,6)7)69-55(77)48-28-39-27-40(20-25-47(39)87-48)61(63,64)85(81,82)83/h16-25,27-28,35,43-46,52-53,73H,9-15,26,29-34H2,1-8H3,(H,65,75)(H,66,76)(H,68,74)(H,69,77)(H2,81,82,83)/t43-,44-,45+,46+,52-,53-/m1/s1. The van der Waals surface area contributed by atoms with Gasteiger partial charge in [0.1, 0.15) is 30.8 Å². The number of anilines is 1. The van der Waals surface area contributed by atoms with E-state index in [1.165, 1.54) is 26.8 Å². The highest BCUT2D eigenvalue weighted by molar-refractivity contribution is 9.10. The minimum Gasteiger partial charge on any atom is -0.391 e. The Kier molecular flexibility index (Phi) is 22.9. The first-order chi connectivity index (χ1) is 40.8. The number of carbonyl (C=O) groups excluding carboxylic acids is 7. The van der Waals surface area contributed by atoms with Crippen molar-refractivity contribution >= 4 is 103 Å². The molecule has 2 fully saturated rings. The minimum absolute atomic E-state index is 0.0280. The van der Waals surface area contributed by atoms with Crippen LogP contribution in [0.1, 0.15) is 126 Å². The first kappa shape index (κ1) is 68.4. The number of rotatable bonds is 25. The highest BCUT2D eigenvalue weighted by Crippen LogP contribution is 2.59. The summed E-state index contributed by atoms with van der Waals surface area (Å²) in [5, 5.41) is 22.3. The molecule has 20 nitrogen and oxygen atoms in total. The van der Waals surface area contributed by atoms with Crippen LogP contribution >= 0.6 is 46.2 Å². The van der Waals surface area contributed by atoms with Gasteiger partial charge in [0.05, 0.1) is 33.2 Å². The summed E-state index contributed by atoms with van der Waals surface area (Å²) in [6.07, 6.45) is 3.15. The number of ether oxygens (including phenoxy) is 1. The van der Waals surface area contributed by atoms with Crippen molar-refractivity contribution in [1.82, 2.24) is 36.1 Å². The normalized spacial score (nSPS) is 18.1. The highest BCUT2D eigenvalue weighted by Gasteiger charge is 2.51. The number of hydrogen-bond donors (Lipinski definition) is 7. The SMILES string of the molecule is Cc1ncsc1-c1ccc(CNC(=O)[C@@H]2C[C@@H](O)CN2C(=O)[C@@H](NC(=O)CCCCCCCCNC(=O)CO[C@@H]2C[C@@H](C(=O)N(C)c3ccc(Br)cc3)N(C(=O)[C@@H](NC(=O)c3cc4cc(C(F)(F)P(=O)(O)O)ccc4s3)C(C)(C)C)C2)C(C)(C)C)cc1. The minimum atomic E-state index is -5.86. The van der Waals surface area contributed by atoms with Crippen LogP contribution in [0.25, 0.3) is 20.5 Å². The number of aliphatic hydroxyl groups is 1. The maximum atomic E-state index is 14.7. The lowest BCUT2D eigenvalue weighted by Crippen LogP contribution is -2.57. The number of carbonyl (C=O) groups is 7. The topological polar surface area (TPSA) is 277 Å². The Morgan fingerprint density at radius 2 is 1.41 bits per heavy atom. The van der Waals surface area contributed by atoms with Gasteiger partial charge in [-0.25, -0.2) is 4.98 Å². The smallest absolute Gasteiger partial charge is 0.391 e. The van der Waals surface area contributed by atoms with Gasteiger partial charge in [0.15, 0.2) is 0 Å². The van der Waals surface area contributed by atoms with Crippen LogP contribution in [-0.2, 0) is 50.3 Å². The van der Waals surface area contributed by atoms with E-state index >= 15 is 0 Å². The molecule has 472 valence electrons. The van der Waals surface area contributed by atoms with Crippen LogP contribution in [0, 0.1) is 17.8 Å². The van der Waals surface area contributed by atoms with Crippen LogP contribution < -0.4 is 26.2 Å². The first-order valence-corrected chi connectivity index (χ1v) is 33.0. The molecule has 0 radical (unpaired) electrons. The summed E-state index contributed by atoms with van der Waals surface area (Å²) >= 11 is 5.90. The number of halogens is 3. The van der Waals surface area contributed by atoms with E-state index < -0.39 is 95.6 Å². The van der Waals surface area contributed by atoms with Gasteiger partial charge in [0.2, 0.25) is 35.4 Å². The number of thiazole rings is 1. The lowest BCUT2D eigenvalue weighted by atomic mass is 9.85. The fourth-order valence-corrected chi connectivity index (χ4v) is 13.0. The zero-order valence-corrected chi connectivity index (χ0v) is 54.2. The number of nitrogens with one attached hydrogen (secondary N) is 4. The zero-order valence-electron chi connectivity index (χ0n) is 50.1. The van der Waals surface area contributed by atoms with Crippen molar-refractivity contribution in [3.63, 3.8) is 0 Å². The Balaban J connectivity index is 0.849. The van der Waals surface area contributed by atoms with E-state index in [1.807, 2.05) is 52.0 Å². The molecule has 0 bridgehead atoms. The van der Waals surface area contributed by atoms with E-state index in [0.29, 0.717) is 29.8 Å². The molecule has 5 aromatic rings. The Morgan fingerprint density at radius 3 is 2.03 bits per heavy atom. The molecule has 0 aliphatic carbocycles. The number of nitrogens with zero attached hydrogens (tertiary/aromatic N) is 4. The number of aromatic nitrogens is 1. The van der Waals surface area contributed by atoms with Gasteiger partial charge in [-0.2, -0.15) is 8.78 Å². The second-order valence-corrected chi connectivity index (χ2v) is 28.9. The van der Waals surface area contributed by atoms with Crippen molar-refractivity contribution in [2.24, 2.45) is 10.8 Å². The number of amides is 7. The molecule has 2 aliphatic rings. The van der Waals surface area contributed by atoms with Crippen LogP contribution in [0.3, 0.4) is 0 Å². The summed E-state index contributed by atoms with van der Waals surface area (Å²) in [6, 6.07) is 15.0. The number of alkyl halides is 2. The average Bonchev–Trinajstić information content (AvgIpc) is 1.95. The quantitative estimate of drug-likeness (QED) is 0.0213. The number of fused-ring (bicyclic) bond motifs is 1. The molecule has 7 rings (SSSR count). The van der Waals surface area contributed by atoms with E-state index in [1.54, 1.807) is 68.9 Å². The summed E-state index contributed by atoms with van der Waals surface area (Å²) < 4.78 is 48.0. The van der Waals surface area contributed by atoms with Crippen molar-refractivity contribution in [3.8, 4) is 10.4 Å². The third kappa shape index (κ3) is 17.6. The molecule has 4 heterocycles. The van der Waals surface area contributed by atoms with E-state index in [4.69, 9.17) is 4.74 Å². The maximum absolute atomic E-state index is 14.7. The number of thiophene rings is 1. The Labute approximate surface area is 521 Å². The van der Waals surface area contributed by atoms with Crippen molar-refractivity contribution in [3.05, 3.63) is 104 Å². The van der Waals surface area contributed by atoms with Gasteiger partial charge in [-0.1, -0.05) is 113 Å². The lowest BCUT2D eigenvalue weighted by molar-refractivity contribution is -0.144. The summed E-state index contributed by atoms with van der Waals surface area (Å²) in [6.45, 7) is 12.8. The molecular formula is C61H78BrF2N8O12PS2. The third-order valence-corrected chi connectivity index (χ3v) is 19.1. The molecule has 0 unspecified atom stereocenters. The van der Waals surface area contributed by atoms with Crippen molar-refractivity contribution in [2.75, 3.05) is 38.2 Å². The molecule has 2 saturated heterocycles. The van der Waals surface area contributed by atoms with Crippen LogP contribution in [0.15, 0.2) is 82.8 Å². The second-order valence-electron chi connectivity index (χ2n) is 24.4. The average molecular weight is 1330 g/mol. The van der Waals surface area contributed by atoms with Gasteiger partial charge in [-0.05, 0) is 89.6 Å². The highest BCUT2D eigenvalue weighted by atomic mass is 79.9. The van der Waals surface area contributed by atoms with Gasteiger partial charge in [-0.15, -0.1) is 22.7 Å². The van der Waals surface area contributed by atoms with E-state index in [-0.39, 0.29) is 67.6 Å². The number of benzene rings is 3. The summed E-state index contributed by atoms with van der Waals surface area (Å²) in [5.41, 5.74) is -1.82. The molecule has 7 N–H and O–H groups in total. The van der Waals surface area contributed by atoms with Crippen LogP contribution in [-0.4, -0.2) is 141 Å². The van der Waals surface area contributed by atoms with Crippen molar-refractivity contribution in [1.29, 1.82) is 0 Å². The third-order valence-electron chi connectivity index (χ3n) is 15.5. The molecule has 3 aromatic carbocycles. The monoisotopic (exact) mass is 1330 g/mol. The fourth-order valence-electron chi connectivity index (χ4n) is 10.5. The Bertz CT molecular complexity index is 3330. The van der Waals surface area contributed by atoms with E-state index in [0.717, 1.165) is 75.3 Å². The van der Waals surface area contributed by atoms with Crippen LogP contribution in [0.4, 0.5) is 14.5 Å². The predicted molar refractivity (Wildman–Crippen MR) is 333 cm³/mol. The summed E-state index contributed by atoms with van der Waals surface area (Å²) in [7, 11) is -4.28. The number of unbranched alkanes of at least 4 members (excludes halogenated alkanes) is 5. The lowest BCUT2D eigenvalue weighted by Gasteiger charge is -2.36. The number of aryl methyl sites for hydroxylation is 1. The molecule has 2 aliphatic heterocycles. The predicted octanol–water partition coefficient (Wildman–Crippen LogP) is 8.77. The summed E-state index contributed by atoms with van der Waals surface area (Å²) in [5.74, 6) is -3.25. The van der Waals surface area contributed by atoms with Crippen LogP contribution in [0.5, 0.6) is 0 Å². The zero-order chi connectivity index (χ0) is 63.8. The molecular weight excluding hydrogens is 1250 g/mol. The van der Waals surface area contributed by atoms with Crippen LogP contribution in [0.2, 0.25) is 0 Å². The molecule has 6 atom stereocenters. The summed E-state index contributed by atoms with van der Waals surface area (Å²) in [4.78, 5) is 125.